The maximum Gasteiger partial charge on any atom is 0.241 e. The van der Waals surface area contributed by atoms with Crippen LogP contribution in [-0.4, -0.2) is 22.4 Å². The molecule has 0 aliphatic rings. The van der Waals surface area contributed by atoms with Crippen molar-refractivity contribution in [2.24, 2.45) is 5.73 Å². The van der Waals surface area contributed by atoms with Crippen LogP contribution in [0.2, 0.25) is 0 Å². The monoisotopic (exact) mass is 254 g/mol. The molecule has 2 unspecified atom stereocenters. The lowest BCUT2D eigenvalue weighted by Gasteiger charge is -2.11. The zero-order chi connectivity index (χ0) is 12.8. The molecule has 0 aliphatic carbocycles. The van der Waals surface area contributed by atoms with Crippen molar-refractivity contribution in [2.75, 3.05) is 11.6 Å². The Labute approximate surface area is 104 Å². The van der Waals surface area contributed by atoms with Gasteiger partial charge in [0, 0.05) is 27.6 Å². The van der Waals surface area contributed by atoms with Gasteiger partial charge in [-0.1, -0.05) is 19.4 Å². The summed E-state index contributed by atoms with van der Waals surface area (Å²) in [5.74, 6) is -0.203. The molecule has 0 saturated carbocycles. The zero-order valence-corrected chi connectivity index (χ0v) is 10.9. The standard InChI is InChI=1S/C12H18N2O2S/c1-3-5-11(13)12(15)14-9-6-4-7-10(8-9)17(2)16/h4,6-8,11H,3,5,13H2,1-2H3,(H,14,15). The summed E-state index contributed by atoms with van der Waals surface area (Å²) in [6.07, 6.45) is 3.13. The highest BCUT2D eigenvalue weighted by molar-refractivity contribution is 7.84. The minimum atomic E-state index is -1.05. The van der Waals surface area contributed by atoms with Crippen LogP contribution in [0, 0.1) is 0 Å². The van der Waals surface area contributed by atoms with Crippen molar-refractivity contribution in [1.82, 2.24) is 0 Å². The van der Waals surface area contributed by atoms with Gasteiger partial charge < -0.3 is 11.1 Å². The van der Waals surface area contributed by atoms with Crippen LogP contribution in [0.1, 0.15) is 19.8 Å². The third kappa shape index (κ3) is 4.28. The summed E-state index contributed by atoms with van der Waals surface area (Å²) in [5.41, 5.74) is 6.33. The molecule has 94 valence electrons. The molecule has 3 N–H and O–H groups in total. The lowest BCUT2D eigenvalue weighted by atomic mass is 10.1. The van der Waals surface area contributed by atoms with Gasteiger partial charge in [0.2, 0.25) is 5.91 Å². The molecule has 2 atom stereocenters. The van der Waals surface area contributed by atoms with Crippen LogP contribution in [0.15, 0.2) is 29.2 Å². The number of hydrogen-bond donors (Lipinski definition) is 2. The van der Waals surface area contributed by atoms with Crippen LogP contribution in [-0.2, 0) is 15.6 Å². The number of nitrogens with one attached hydrogen (secondary N) is 1. The van der Waals surface area contributed by atoms with Crippen LogP contribution in [0.3, 0.4) is 0 Å². The molecule has 17 heavy (non-hydrogen) atoms. The molecular formula is C12H18N2O2S. The third-order valence-corrected chi connectivity index (χ3v) is 3.29. The molecule has 5 heteroatoms. The average Bonchev–Trinajstić information content (AvgIpc) is 2.29. The highest BCUT2D eigenvalue weighted by atomic mass is 32.2. The van der Waals surface area contributed by atoms with Gasteiger partial charge in [-0.15, -0.1) is 0 Å². The van der Waals surface area contributed by atoms with Crippen LogP contribution in [0.25, 0.3) is 0 Å². The number of nitrogens with two attached hydrogens (primary N) is 1. The minimum Gasteiger partial charge on any atom is -0.325 e. The first-order valence-electron chi connectivity index (χ1n) is 5.54. The number of anilines is 1. The molecule has 0 radical (unpaired) electrons. The van der Waals surface area contributed by atoms with E-state index in [-0.39, 0.29) is 5.91 Å². The van der Waals surface area contributed by atoms with Gasteiger partial charge in [-0.05, 0) is 24.6 Å². The lowest BCUT2D eigenvalue weighted by Crippen LogP contribution is -2.35. The fraction of sp³-hybridized carbons (Fsp3) is 0.417. The van der Waals surface area contributed by atoms with E-state index in [1.54, 1.807) is 30.5 Å². The SMILES string of the molecule is CCCC(N)C(=O)Nc1cccc(S(C)=O)c1. The average molecular weight is 254 g/mol. The number of rotatable bonds is 5. The first kappa shape index (κ1) is 13.9. The van der Waals surface area contributed by atoms with Gasteiger partial charge in [0.1, 0.15) is 0 Å². The second-order valence-corrected chi connectivity index (χ2v) is 5.25. The van der Waals surface area contributed by atoms with E-state index in [9.17, 15) is 9.00 Å². The van der Waals surface area contributed by atoms with E-state index >= 15 is 0 Å². The van der Waals surface area contributed by atoms with Crippen LogP contribution >= 0.6 is 0 Å². The van der Waals surface area contributed by atoms with Gasteiger partial charge in [0.25, 0.3) is 0 Å². The van der Waals surface area contributed by atoms with Gasteiger partial charge >= 0.3 is 0 Å². The molecule has 0 heterocycles. The second-order valence-electron chi connectivity index (χ2n) is 3.87. The molecule has 1 aromatic rings. The Morgan fingerprint density at radius 2 is 2.24 bits per heavy atom. The first-order valence-corrected chi connectivity index (χ1v) is 7.10. The van der Waals surface area contributed by atoms with E-state index in [1.807, 2.05) is 6.92 Å². The zero-order valence-electron chi connectivity index (χ0n) is 10.1. The topological polar surface area (TPSA) is 72.2 Å². The van der Waals surface area contributed by atoms with Crippen LogP contribution in [0.4, 0.5) is 5.69 Å². The van der Waals surface area contributed by atoms with Crippen molar-refractivity contribution in [3.05, 3.63) is 24.3 Å². The Morgan fingerprint density at radius 3 is 2.82 bits per heavy atom. The summed E-state index contributed by atoms with van der Waals surface area (Å²) in [5, 5.41) is 2.72. The lowest BCUT2D eigenvalue weighted by molar-refractivity contribution is -0.117. The first-order chi connectivity index (χ1) is 8.04. The molecule has 0 spiro atoms. The molecule has 0 aromatic heterocycles. The summed E-state index contributed by atoms with van der Waals surface area (Å²) in [6, 6.07) is 6.49. The van der Waals surface area contributed by atoms with E-state index in [0.717, 1.165) is 6.42 Å². The maximum absolute atomic E-state index is 11.7. The van der Waals surface area contributed by atoms with E-state index in [2.05, 4.69) is 5.32 Å². The summed E-state index contributed by atoms with van der Waals surface area (Å²) < 4.78 is 11.3. The molecular weight excluding hydrogens is 236 g/mol. The number of amides is 1. The molecule has 0 aliphatic heterocycles. The van der Waals surface area contributed by atoms with Crippen molar-refractivity contribution in [3.63, 3.8) is 0 Å². The molecule has 0 bridgehead atoms. The smallest absolute Gasteiger partial charge is 0.241 e. The molecule has 1 aromatic carbocycles. The van der Waals surface area contributed by atoms with Crippen molar-refractivity contribution < 1.29 is 9.00 Å². The molecule has 0 saturated heterocycles. The fourth-order valence-corrected chi connectivity index (χ4v) is 1.99. The Hall–Kier alpha value is -1.20. The quantitative estimate of drug-likeness (QED) is 0.836. The summed E-state index contributed by atoms with van der Waals surface area (Å²) in [4.78, 5) is 12.4. The Bertz CT molecular complexity index is 421. The maximum atomic E-state index is 11.7. The molecule has 4 nitrogen and oxygen atoms in total. The van der Waals surface area contributed by atoms with Gasteiger partial charge in [-0.25, -0.2) is 0 Å². The minimum absolute atomic E-state index is 0.203. The summed E-state index contributed by atoms with van der Waals surface area (Å²) in [6.45, 7) is 1.98. The van der Waals surface area contributed by atoms with Gasteiger partial charge in [-0.3, -0.25) is 9.00 Å². The van der Waals surface area contributed by atoms with Gasteiger partial charge in [0.05, 0.1) is 6.04 Å². The van der Waals surface area contributed by atoms with E-state index in [1.165, 1.54) is 0 Å². The second kappa shape index (κ2) is 6.51. The third-order valence-electron chi connectivity index (χ3n) is 2.37. The summed E-state index contributed by atoms with van der Waals surface area (Å²) >= 11 is 0. The number of carbonyl (C=O) groups excluding carboxylic acids is 1. The van der Waals surface area contributed by atoms with Crippen molar-refractivity contribution in [2.45, 2.75) is 30.7 Å². The Morgan fingerprint density at radius 1 is 1.53 bits per heavy atom. The number of benzene rings is 1. The Kier molecular flexibility index (Phi) is 5.31. The Balaban J connectivity index is 2.71. The van der Waals surface area contributed by atoms with Crippen molar-refractivity contribution >= 4 is 22.4 Å². The normalized spacial score (nSPS) is 14.1. The van der Waals surface area contributed by atoms with Crippen LogP contribution < -0.4 is 11.1 Å². The molecule has 1 rings (SSSR count). The van der Waals surface area contributed by atoms with Crippen LogP contribution in [0.5, 0.6) is 0 Å². The summed E-state index contributed by atoms with van der Waals surface area (Å²) in [7, 11) is -1.05. The highest BCUT2D eigenvalue weighted by Gasteiger charge is 2.12. The predicted octanol–water partition coefficient (Wildman–Crippen LogP) is 1.49. The molecule has 0 fully saturated rings. The van der Waals surface area contributed by atoms with Gasteiger partial charge in [0.15, 0.2) is 0 Å². The predicted molar refractivity (Wildman–Crippen MR) is 70.3 cm³/mol. The van der Waals surface area contributed by atoms with E-state index in [4.69, 9.17) is 5.73 Å². The largest absolute Gasteiger partial charge is 0.325 e. The van der Waals surface area contributed by atoms with Gasteiger partial charge in [-0.2, -0.15) is 0 Å². The van der Waals surface area contributed by atoms with E-state index in [0.29, 0.717) is 17.0 Å². The number of hydrogen-bond acceptors (Lipinski definition) is 3. The number of carbonyl (C=O) groups is 1. The van der Waals surface area contributed by atoms with Crippen molar-refractivity contribution in [3.8, 4) is 0 Å². The fourth-order valence-electron chi connectivity index (χ4n) is 1.43. The van der Waals surface area contributed by atoms with E-state index < -0.39 is 16.8 Å². The highest BCUT2D eigenvalue weighted by Crippen LogP contribution is 2.13. The van der Waals surface area contributed by atoms with Crippen molar-refractivity contribution in [1.29, 1.82) is 0 Å². The molecule has 1 amide bonds.